The third-order valence-electron chi connectivity index (χ3n) is 3.28. The summed E-state index contributed by atoms with van der Waals surface area (Å²) in [5, 5.41) is 8.86. The number of nitrogens with zero attached hydrogens (tertiary/aromatic N) is 1. The summed E-state index contributed by atoms with van der Waals surface area (Å²) in [6, 6.07) is 0. The zero-order valence-corrected chi connectivity index (χ0v) is 10.8. The van der Waals surface area contributed by atoms with Crippen molar-refractivity contribution in [2.45, 2.75) is 38.7 Å². The second kappa shape index (κ2) is 6.21. The highest BCUT2D eigenvalue weighted by Crippen LogP contribution is 2.28. The van der Waals surface area contributed by atoms with Crippen LogP contribution < -0.4 is 5.73 Å². The van der Waals surface area contributed by atoms with Gasteiger partial charge in [-0.15, -0.1) is 0 Å². The van der Waals surface area contributed by atoms with Crippen molar-refractivity contribution in [1.29, 1.82) is 0 Å². The van der Waals surface area contributed by atoms with Crippen LogP contribution in [-0.2, 0) is 4.74 Å². The summed E-state index contributed by atoms with van der Waals surface area (Å²) in [6.45, 7) is 6.81. The van der Waals surface area contributed by atoms with E-state index in [2.05, 4.69) is 4.90 Å². The fraction of sp³-hybridized carbons (Fsp3) is 0.917. The molecule has 1 aliphatic heterocycles. The largest absolute Gasteiger partial charge is 0.444 e. The van der Waals surface area contributed by atoms with Crippen LogP contribution in [-0.4, -0.2) is 47.9 Å². The number of primary amides is 1. The lowest BCUT2D eigenvalue weighted by Crippen LogP contribution is -2.39. The summed E-state index contributed by atoms with van der Waals surface area (Å²) in [7, 11) is 0. The number of hydrogen-bond acceptors (Lipinski definition) is 4. The molecule has 0 unspecified atom stereocenters. The third kappa shape index (κ3) is 5.37. The first-order valence-electron chi connectivity index (χ1n) is 6.24. The summed E-state index contributed by atoms with van der Waals surface area (Å²) in [5.74, 6) is 0.569. The standard InChI is InChI=1S/C12H24N2O3/c1-12(2,17-11(13)16)9-10-3-5-14(6-4-10)7-8-15/h10,15H,3-9H2,1-2H3,(H2,13,16). The molecule has 100 valence electrons. The molecule has 0 aromatic heterocycles. The second-order valence-corrected chi connectivity index (χ2v) is 5.39. The van der Waals surface area contributed by atoms with Gasteiger partial charge >= 0.3 is 6.09 Å². The molecule has 3 N–H and O–H groups in total. The van der Waals surface area contributed by atoms with Crippen LogP contribution in [0.15, 0.2) is 0 Å². The van der Waals surface area contributed by atoms with Crippen LogP contribution in [0.2, 0.25) is 0 Å². The number of nitrogens with two attached hydrogens (primary N) is 1. The van der Waals surface area contributed by atoms with E-state index < -0.39 is 11.7 Å². The van der Waals surface area contributed by atoms with E-state index in [9.17, 15) is 4.79 Å². The molecule has 1 heterocycles. The number of hydrogen-bond donors (Lipinski definition) is 2. The molecule has 0 spiro atoms. The SMILES string of the molecule is CC(C)(CC1CCN(CCO)CC1)OC(N)=O. The van der Waals surface area contributed by atoms with Crippen LogP contribution in [0.1, 0.15) is 33.1 Å². The summed E-state index contributed by atoms with van der Waals surface area (Å²) < 4.78 is 5.10. The molecule has 17 heavy (non-hydrogen) atoms. The Labute approximate surface area is 103 Å². The number of carbonyl (C=O) groups is 1. The predicted molar refractivity (Wildman–Crippen MR) is 65.6 cm³/mol. The monoisotopic (exact) mass is 244 g/mol. The summed E-state index contributed by atoms with van der Waals surface area (Å²) in [4.78, 5) is 13.0. The van der Waals surface area contributed by atoms with Gasteiger partial charge in [-0.3, -0.25) is 0 Å². The van der Waals surface area contributed by atoms with Gasteiger partial charge in [-0.05, 0) is 52.1 Å². The topological polar surface area (TPSA) is 75.8 Å². The number of likely N-dealkylation sites (tertiary alicyclic amines) is 1. The predicted octanol–water partition coefficient (Wildman–Crippen LogP) is 0.955. The Hall–Kier alpha value is -0.810. The molecular formula is C12H24N2O3. The molecule has 0 aromatic carbocycles. The highest BCUT2D eigenvalue weighted by Gasteiger charge is 2.28. The maximum absolute atomic E-state index is 10.8. The zero-order valence-electron chi connectivity index (χ0n) is 10.8. The molecular weight excluding hydrogens is 220 g/mol. The number of ether oxygens (including phenoxy) is 1. The van der Waals surface area contributed by atoms with Gasteiger partial charge in [-0.1, -0.05) is 0 Å². The van der Waals surface area contributed by atoms with Gasteiger partial charge in [0.15, 0.2) is 0 Å². The Morgan fingerprint density at radius 1 is 1.47 bits per heavy atom. The number of piperidine rings is 1. The van der Waals surface area contributed by atoms with Crippen LogP contribution in [0.3, 0.4) is 0 Å². The van der Waals surface area contributed by atoms with E-state index in [-0.39, 0.29) is 6.61 Å². The summed E-state index contributed by atoms with van der Waals surface area (Å²) in [5.41, 5.74) is 4.57. The Bertz CT molecular complexity index is 248. The van der Waals surface area contributed by atoms with Gasteiger partial charge in [-0.2, -0.15) is 0 Å². The van der Waals surface area contributed by atoms with E-state index >= 15 is 0 Å². The van der Waals surface area contributed by atoms with Crippen LogP contribution >= 0.6 is 0 Å². The lowest BCUT2D eigenvalue weighted by molar-refractivity contribution is 0.0161. The highest BCUT2D eigenvalue weighted by molar-refractivity contribution is 5.65. The second-order valence-electron chi connectivity index (χ2n) is 5.39. The molecule has 0 aliphatic carbocycles. The lowest BCUT2D eigenvalue weighted by Gasteiger charge is -2.35. The van der Waals surface area contributed by atoms with Gasteiger partial charge in [0.1, 0.15) is 5.60 Å². The van der Waals surface area contributed by atoms with Crippen molar-refractivity contribution < 1.29 is 14.6 Å². The molecule has 0 aromatic rings. The van der Waals surface area contributed by atoms with Crippen LogP contribution in [0.5, 0.6) is 0 Å². The quantitative estimate of drug-likeness (QED) is 0.755. The Kier molecular flexibility index (Phi) is 5.21. The summed E-state index contributed by atoms with van der Waals surface area (Å²) >= 11 is 0. The first-order chi connectivity index (χ1) is 7.93. The van der Waals surface area contributed by atoms with E-state index in [1.165, 1.54) is 0 Å². The zero-order chi connectivity index (χ0) is 12.9. The van der Waals surface area contributed by atoms with Crippen molar-refractivity contribution in [3.63, 3.8) is 0 Å². The van der Waals surface area contributed by atoms with Gasteiger partial charge in [0.2, 0.25) is 0 Å². The minimum absolute atomic E-state index is 0.223. The highest BCUT2D eigenvalue weighted by atomic mass is 16.6. The minimum atomic E-state index is -0.701. The first kappa shape index (κ1) is 14.3. The molecule has 1 rings (SSSR count). The van der Waals surface area contributed by atoms with E-state index in [0.717, 1.165) is 38.9 Å². The van der Waals surface area contributed by atoms with Crippen molar-refractivity contribution in [2.24, 2.45) is 11.7 Å². The van der Waals surface area contributed by atoms with Crippen LogP contribution in [0, 0.1) is 5.92 Å². The molecule has 0 radical (unpaired) electrons. The average Bonchev–Trinajstić information content (AvgIpc) is 2.18. The van der Waals surface area contributed by atoms with Gasteiger partial charge in [0.05, 0.1) is 6.61 Å². The van der Waals surface area contributed by atoms with Gasteiger partial charge in [-0.25, -0.2) is 4.79 Å². The number of amides is 1. The van der Waals surface area contributed by atoms with Crippen LogP contribution in [0.25, 0.3) is 0 Å². The minimum Gasteiger partial charge on any atom is -0.444 e. The number of aliphatic hydroxyl groups is 1. The number of aliphatic hydroxyl groups excluding tert-OH is 1. The average molecular weight is 244 g/mol. The van der Waals surface area contributed by atoms with E-state index in [1.54, 1.807) is 0 Å². The van der Waals surface area contributed by atoms with Crippen molar-refractivity contribution in [2.75, 3.05) is 26.2 Å². The Morgan fingerprint density at radius 3 is 2.53 bits per heavy atom. The molecule has 5 nitrogen and oxygen atoms in total. The normalized spacial score (nSPS) is 19.2. The maximum atomic E-state index is 10.8. The molecule has 1 fully saturated rings. The molecule has 1 aliphatic rings. The van der Waals surface area contributed by atoms with Crippen molar-refractivity contribution in [3.8, 4) is 0 Å². The smallest absolute Gasteiger partial charge is 0.405 e. The molecule has 0 bridgehead atoms. The van der Waals surface area contributed by atoms with E-state index in [0.29, 0.717) is 5.92 Å². The molecule has 5 heteroatoms. The van der Waals surface area contributed by atoms with E-state index in [1.807, 2.05) is 13.8 Å². The third-order valence-corrected chi connectivity index (χ3v) is 3.28. The van der Waals surface area contributed by atoms with Crippen molar-refractivity contribution in [3.05, 3.63) is 0 Å². The Morgan fingerprint density at radius 2 is 2.06 bits per heavy atom. The molecule has 0 saturated carbocycles. The van der Waals surface area contributed by atoms with Gasteiger partial charge in [0, 0.05) is 6.54 Å². The molecule has 1 saturated heterocycles. The number of carbonyl (C=O) groups excluding carboxylic acids is 1. The summed E-state index contributed by atoms with van der Waals surface area (Å²) in [6.07, 6.45) is 2.33. The number of β-amino-alcohol motifs (C(OH)–C–C–N with tert-alkyl or cyclic N) is 1. The van der Waals surface area contributed by atoms with Crippen molar-refractivity contribution >= 4 is 6.09 Å². The van der Waals surface area contributed by atoms with Gasteiger partial charge in [0.25, 0.3) is 0 Å². The van der Waals surface area contributed by atoms with Crippen LogP contribution in [0.4, 0.5) is 4.79 Å². The Balaban J connectivity index is 2.32. The lowest BCUT2D eigenvalue weighted by atomic mass is 9.86. The van der Waals surface area contributed by atoms with Gasteiger partial charge < -0.3 is 20.5 Å². The fourth-order valence-corrected chi connectivity index (χ4v) is 2.56. The maximum Gasteiger partial charge on any atom is 0.405 e. The first-order valence-corrected chi connectivity index (χ1v) is 6.24. The molecule has 0 atom stereocenters. The molecule has 1 amide bonds. The fourth-order valence-electron chi connectivity index (χ4n) is 2.56. The number of rotatable bonds is 5. The van der Waals surface area contributed by atoms with Crippen molar-refractivity contribution in [1.82, 2.24) is 4.90 Å². The van der Waals surface area contributed by atoms with E-state index in [4.69, 9.17) is 15.6 Å².